The maximum atomic E-state index is 13.0. The molecule has 1 heterocycles. The van der Waals surface area contributed by atoms with Crippen molar-refractivity contribution < 1.29 is 13.2 Å². The number of benzene rings is 2. The molecule has 0 saturated heterocycles. The van der Waals surface area contributed by atoms with E-state index in [9.17, 15) is 13.2 Å². The minimum absolute atomic E-state index is 0.157. The number of carbonyl (C=O) groups is 1. The average Bonchev–Trinajstić information content (AvgIpc) is 2.51. The molecule has 0 atom stereocenters. The molecule has 1 aliphatic heterocycles. The Morgan fingerprint density at radius 1 is 1.00 bits per heavy atom. The SMILES string of the molecule is Cc1ccc(S(=O)(=O)N2CCCC(=O)Cc3ccccc32)cc1. The Hall–Kier alpha value is -2.14. The van der Waals surface area contributed by atoms with E-state index in [0.717, 1.165) is 11.1 Å². The predicted molar refractivity (Wildman–Crippen MR) is 90.1 cm³/mol. The summed E-state index contributed by atoms with van der Waals surface area (Å²) in [4.78, 5) is 12.2. The fourth-order valence-electron chi connectivity index (χ4n) is 2.83. The van der Waals surface area contributed by atoms with Crippen molar-refractivity contribution in [3.05, 3.63) is 59.7 Å². The van der Waals surface area contributed by atoms with Crippen LogP contribution in [0.3, 0.4) is 0 Å². The maximum Gasteiger partial charge on any atom is 0.264 e. The van der Waals surface area contributed by atoms with E-state index < -0.39 is 10.0 Å². The minimum Gasteiger partial charge on any atom is -0.299 e. The van der Waals surface area contributed by atoms with Gasteiger partial charge in [0.05, 0.1) is 10.6 Å². The monoisotopic (exact) mass is 329 g/mol. The summed E-state index contributed by atoms with van der Waals surface area (Å²) in [6.07, 6.45) is 1.24. The first kappa shape index (κ1) is 15.7. The lowest BCUT2D eigenvalue weighted by atomic mass is 10.0. The predicted octanol–water partition coefficient (Wildman–Crippen LogP) is 3.10. The van der Waals surface area contributed by atoms with E-state index in [2.05, 4.69) is 0 Å². The number of hydrogen-bond donors (Lipinski definition) is 0. The fourth-order valence-corrected chi connectivity index (χ4v) is 4.37. The molecule has 0 radical (unpaired) electrons. The number of Topliss-reactive ketones (excluding diaryl/α,β-unsaturated/α-hetero) is 1. The standard InChI is InChI=1S/C18H19NO3S/c1-14-8-10-17(11-9-14)23(21,22)19-12-4-6-16(20)13-15-5-2-3-7-18(15)19/h2-3,5,7-11H,4,6,12-13H2,1H3. The van der Waals surface area contributed by atoms with E-state index >= 15 is 0 Å². The Morgan fingerprint density at radius 3 is 2.43 bits per heavy atom. The number of aryl methyl sites for hydroxylation is 1. The number of anilines is 1. The van der Waals surface area contributed by atoms with Gasteiger partial charge < -0.3 is 0 Å². The summed E-state index contributed by atoms with van der Waals surface area (Å²) in [5.74, 6) is 0.157. The molecule has 2 aromatic rings. The Kier molecular flexibility index (Phi) is 4.22. The van der Waals surface area contributed by atoms with Gasteiger partial charge in [-0.15, -0.1) is 0 Å². The van der Waals surface area contributed by atoms with Crippen molar-refractivity contribution in [1.29, 1.82) is 0 Å². The maximum absolute atomic E-state index is 13.0. The van der Waals surface area contributed by atoms with Crippen LogP contribution >= 0.6 is 0 Å². The first-order valence-corrected chi connectivity index (χ1v) is 9.11. The van der Waals surface area contributed by atoms with Gasteiger partial charge in [-0.1, -0.05) is 35.9 Å². The summed E-state index contributed by atoms with van der Waals surface area (Å²) in [5, 5.41) is 0. The molecular weight excluding hydrogens is 310 g/mol. The zero-order valence-electron chi connectivity index (χ0n) is 13.0. The van der Waals surface area contributed by atoms with Crippen LogP contribution in [0.15, 0.2) is 53.4 Å². The molecule has 5 heteroatoms. The largest absolute Gasteiger partial charge is 0.299 e. The number of fused-ring (bicyclic) bond motifs is 1. The summed E-state index contributed by atoms with van der Waals surface area (Å²) in [6.45, 7) is 2.24. The number of hydrogen-bond acceptors (Lipinski definition) is 3. The fraction of sp³-hybridized carbons (Fsp3) is 0.278. The molecule has 0 aliphatic carbocycles. The summed E-state index contributed by atoms with van der Waals surface area (Å²) in [5.41, 5.74) is 2.40. The van der Waals surface area contributed by atoms with Gasteiger partial charge in [-0.05, 0) is 37.1 Å². The zero-order valence-corrected chi connectivity index (χ0v) is 13.8. The highest BCUT2D eigenvalue weighted by atomic mass is 32.2. The summed E-state index contributed by atoms with van der Waals surface area (Å²) < 4.78 is 27.5. The first-order chi connectivity index (χ1) is 11.0. The van der Waals surface area contributed by atoms with Gasteiger partial charge in [0.1, 0.15) is 5.78 Å². The molecule has 0 bridgehead atoms. The van der Waals surface area contributed by atoms with Gasteiger partial charge in [-0.2, -0.15) is 0 Å². The highest BCUT2D eigenvalue weighted by molar-refractivity contribution is 7.92. The van der Waals surface area contributed by atoms with Crippen LogP contribution < -0.4 is 4.31 Å². The molecule has 0 unspecified atom stereocenters. The van der Waals surface area contributed by atoms with Gasteiger partial charge >= 0.3 is 0 Å². The molecule has 0 aromatic heterocycles. The van der Waals surface area contributed by atoms with Crippen molar-refractivity contribution in [2.75, 3.05) is 10.8 Å². The third kappa shape index (κ3) is 3.15. The number of carbonyl (C=O) groups excluding carboxylic acids is 1. The number of ketones is 1. The van der Waals surface area contributed by atoms with Crippen molar-refractivity contribution in [3.63, 3.8) is 0 Å². The van der Waals surface area contributed by atoms with Gasteiger partial charge in [-0.3, -0.25) is 9.10 Å². The Bertz CT molecular complexity index is 826. The van der Waals surface area contributed by atoms with Crippen molar-refractivity contribution in [1.82, 2.24) is 0 Å². The van der Waals surface area contributed by atoms with Crippen molar-refractivity contribution in [3.8, 4) is 0 Å². The van der Waals surface area contributed by atoms with E-state index in [1.54, 1.807) is 30.3 Å². The van der Waals surface area contributed by atoms with Crippen LogP contribution in [-0.2, 0) is 21.2 Å². The van der Waals surface area contributed by atoms with Gasteiger partial charge in [0.25, 0.3) is 10.0 Å². The number of rotatable bonds is 2. The molecule has 0 N–H and O–H groups in total. The van der Waals surface area contributed by atoms with E-state index in [4.69, 9.17) is 0 Å². The Morgan fingerprint density at radius 2 is 1.70 bits per heavy atom. The number of nitrogens with zero attached hydrogens (tertiary/aromatic N) is 1. The molecule has 2 aromatic carbocycles. The second kappa shape index (κ2) is 6.16. The third-order valence-electron chi connectivity index (χ3n) is 4.07. The lowest BCUT2D eigenvalue weighted by Crippen LogP contribution is -2.34. The highest BCUT2D eigenvalue weighted by Gasteiger charge is 2.28. The third-order valence-corrected chi connectivity index (χ3v) is 5.90. The van der Waals surface area contributed by atoms with Crippen LogP contribution in [0.4, 0.5) is 5.69 Å². The van der Waals surface area contributed by atoms with Crippen molar-refractivity contribution in [2.24, 2.45) is 0 Å². The average molecular weight is 329 g/mol. The molecule has 120 valence electrons. The van der Waals surface area contributed by atoms with Crippen LogP contribution in [0.2, 0.25) is 0 Å². The second-order valence-corrected chi connectivity index (χ2v) is 7.70. The molecule has 0 amide bonds. The number of para-hydroxylation sites is 1. The van der Waals surface area contributed by atoms with Gasteiger partial charge in [0.15, 0.2) is 0 Å². The molecule has 1 aliphatic rings. The molecular formula is C18H19NO3S. The van der Waals surface area contributed by atoms with Gasteiger partial charge in [0, 0.05) is 19.4 Å². The van der Waals surface area contributed by atoms with E-state index in [1.807, 2.05) is 25.1 Å². The highest BCUT2D eigenvalue weighted by Crippen LogP contribution is 2.30. The van der Waals surface area contributed by atoms with E-state index in [1.165, 1.54) is 4.31 Å². The van der Waals surface area contributed by atoms with Crippen LogP contribution in [0, 0.1) is 6.92 Å². The lowest BCUT2D eigenvalue weighted by Gasteiger charge is -2.28. The molecule has 0 fully saturated rings. The Labute approximate surface area is 136 Å². The minimum atomic E-state index is -3.63. The van der Waals surface area contributed by atoms with Crippen LogP contribution in [0.5, 0.6) is 0 Å². The molecule has 3 rings (SSSR count). The summed E-state index contributed by atoms with van der Waals surface area (Å²) >= 11 is 0. The normalized spacial score (nSPS) is 15.7. The van der Waals surface area contributed by atoms with E-state index in [0.29, 0.717) is 25.1 Å². The van der Waals surface area contributed by atoms with Crippen LogP contribution in [-0.4, -0.2) is 20.7 Å². The molecule has 0 saturated carbocycles. The van der Waals surface area contributed by atoms with Gasteiger partial charge in [-0.25, -0.2) is 8.42 Å². The topological polar surface area (TPSA) is 54.5 Å². The molecule has 23 heavy (non-hydrogen) atoms. The van der Waals surface area contributed by atoms with Crippen LogP contribution in [0.25, 0.3) is 0 Å². The summed E-state index contributed by atoms with van der Waals surface area (Å²) in [6, 6.07) is 14.1. The lowest BCUT2D eigenvalue weighted by molar-refractivity contribution is -0.118. The quantitative estimate of drug-likeness (QED) is 0.851. The smallest absolute Gasteiger partial charge is 0.264 e. The van der Waals surface area contributed by atoms with E-state index in [-0.39, 0.29) is 17.1 Å². The van der Waals surface area contributed by atoms with Crippen molar-refractivity contribution in [2.45, 2.75) is 31.1 Å². The second-order valence-electron chi connectivity index (χ2n) is 5.84. The summed E-state index contributed by atoms with van der Waals surface area (Å²) in [7, 11) is -3.63. The zero-order chi connectivity index (χ0) is 16.4. The Balaban J connectivity index is 2.09. The number of sulfonamides is 1. The molecule has 4 nitrogen and oxygen atoms in total. The van der Waals surface area contributed by atoms with Gasteiger partial charge in [0.2, 0.25) is 0 Å². The van der Waals surface area contributed by atoms with Crippen molar-refractivity contribution >= 4 is 21.5 Å². The molecule has 0 spiro atoms. The first-order valence-electron chi connectivity index (χ1n) is 7.67. The van der Waals surface area contributed by atoms with Crippen LogP contribution in [0.1, 0.15) is 24.0 Å².